The van der Waals surface area contributed by atoms with Gasteiger partial charge in [-0.25, -0.2) is 14.6 Å². The summed E-state index contributed by atoms with van der Waals surface area (Å²) in [5.74, 6) is -1.07. The number of nitrogens with one attached hydrogen (secondary N) is 1. The van der Waals surface area contributed by atoms with Crippen molar-refractivity contribution in [3.05, 3.63) is 11.6 Å². The third-order valence-corrected chi connectivity index (χ3v) is 3.00. The second-order valence-electron chi connectivity index (χ2n) is 3.69. The molecule has 0 fully saturated rings. The van der Waals surface area contributed by atoms with Gasteiger partial charge in [0, 0.05) is 18.6 Å². The van der Waals surface area contributed by atoms with Gasteiger partial charge in [0.1, 0.15) is 5.54 Å². The van der Waals surface area contributed by atoms with Crippen LogP contribution in [0.25, 0.3) is 0 Å². The fourth-order valence-electron chi connectivity index (χ4n) is 0.858. The Morgan fingerprint density at radius 1 is 1.56 bits per heavy atom. The third-order valence-electron chi connectivity index (χ3n) is 2.31. The molecule has 0 aliphatic carbocycles. The standard InChI is InChI=1S/C9H13N3O3S/c1-9(2,6(13)14)12(3)8(15)11-7-10-4-5-16-7/h4-5H,1-3H3,(H,13,14)(H,10,11,15). The van der Waals surface area contributed by atoms with E-state index in [1.165, 1.54) is 32.2 Å². The zero-order valence-corrected chi connectivity index (χ0v) is 10.0. The van der Waals surface area contributed by atoms with Crippen LogP contribution in [0, 0.1) is 0 Å². The molecule has 1 rings (SSSR count). The van der Waals surface area contributed by atoms with Gasteiger partial charge in [-0.15, -0.1) is 11.3 Å². The summed E-state index contributed by atoms with van der Waals surface area (Å²) in [4.78, 5) is 27.6. The fraction of sp³-hybridized carbons (Fsp3) is 0.444. The van der Waals surface area contributed by atoms with Gasteiger partial charge < -0.3 is 10.0 Å². The molecule has 0 bridgehead atoms. The van der Waals surface area contributed by atoms with E-state index in [1.807, 2.05) is 0 Å². The quantitative estimate of drug-likeness (QED) is 0.842. The Hall–Kier alpha value is -1.63. The third kappa shape index (κ3) is 2.48. The summed E-state index contributed by atoms with van der Waals surface area (Å²) in [7, 11) is 1.43. The summed E-state index contributed by atoms with van der Waals surface area (Å²) in [5.41, 5.74) is -1.26. The Bertz CT molecular complexity index is 389. The Morgan fingerprint density at radius 2 is 2.19 bits per heavy atom. The second-order valence-corrected chi connectivity index (χ2v) is 4.59. The Kier molecular flexibility index (Phi) is 3.48. The van der Waals surface area contributed by atoms with Crippen molar-refractivity contribution in [1.82, 2.24) is 9.88 Å². The van der Waals surface area contributed by atoms with Crippen LogP contribution in [0.5, 0.6) is 0 Å². The molecule has 0 spiro atoms. The number of hydrogen-bond acceptors (Lipinski definition) is 4. The molecule has 0 saturated carbocycles. The van der Waals surface area contributed by atoms with Gasteiger partial charge in [-0.1, -0.05) is 0 Å². The summed E-state index contributed by atoms with van der Waals surface area (Å²) < 4.78 is 0. The highest BCUT2D eigenvalue weighted by Gasteiger charge is 2.35. The summed E-state index contributed by atoms with van der Waals surface area (Å²) in [6.45, 7) is 2.91. The predicted molar refractivity (Wildman–Crippen MR) is 60.6 cm³/mol. The molecule has 7 heteroatoms. The van der Waals surface area contributed by atoms with E-state index in [1.54, 1.807) is 11.6 Å². The van der Waals surface area contributed by atoms with Crippen LogP contribution in [-0.4, -0.2) is 39.6 Å². The number of aliphatic carboxylic acids is 1. The molecule has 16 heavy (non-hydrogen) atoms. The molecule has 0 saturated heterocycles. The van der Waals surface area contributed by atoms with Crippen molar-refractivity contribution in [1.29, 1.82) is 0 Å². The first kappa shape index (κ1) is 12.4. The lowest BCUT2D eigenvalue weighted by molar-refractivity contribution is -0.146. The first-order valence-electron chi connectivity index (χ1n) is 4.53. The number of carboxylic acids is 1. The lowest BCUT2D eigenvalue weighted by Crippen LogP contribution is -2.52. The molecule has 0 aliphatic heterocycles. The largest absolute Gasteiger partial charge is 0.480 e. The number of hydrogen-bond donors (Lipinski definition) is 2. The number of carboxylic acid groups (broad SMARTS) is 1. The smallest absolute Gasteiger partial charge is 0.329 e. The number of thiazole rings is 1. The monoisotopic (exact) mass is 243 g/mol. The van der Waals surface area contributed by atoms with Crippen LogP contribution in [-0.2, 0) is 4.79 Å². The molecule has 0 unspecified atom stereocenters. The summed E-state index contributed by atoms with van der Waals surface area (Å²) in [6.07, 6.45) is 1.56. The van der Waals surface area contributed by atoms with Crippen molar-refractivity contribution in [2.45, 2.75) is 19.4 Å². The molecular formula is C9H13N3O3S. The van der Waals surface area contributed by atoms with Gasteiger partial charge >= 0.3 is 12.0 Å². The molecule has 88 valence electrons. The van der Waals surface area contributed by atoms with Crippen molar-refractivity contribution < 1.29 is 14.7 Å². The number of carbonyl (C=O) groups is 2. The summed E-state index contributed by atoms with van der Waals surface area (Å²) >= 11 is 1.27. The normalized spacial score (nSPS) is 10.9. The van der Waals surface area contributed by atoms with E-state index >= 15 is 0 Å². The van der Waals surface area contributed by atoms with Gasteiger partial charge in [0.25, 0.3) is 0 Å². The summed E-state index contributed by atoms with van der Waals surface area (Å²) in [5, 5.41) is 13.6. The van der Waals surface area contributed by atoms with E-state index in [0.717, 1.165) is 4.90 Å². The van der Waals surface area contributed by atoms with Crippen molar-refractivity contribution >= 4 is 28.5 Å². The van der Waals surface area contributed by atoms with E-state index in [4.69, 9.17) is 5.11 Å². The molecule has 0 aromatic carbocycles. The van der Waals surface area contributed by atoms with Gasteiger partial charge in [-0.2, -0.15) is 0 Å². The first-order valence-corrected chi connectivity index (χ1v) is 5.41. The Labute approximate surface area is 96.9 Å². The first-order chi connectivity index (χ1) is 7.35. The maximum Gasteiger partial charge on any atom is 0.329 e. The van der Waals surface area contributed by atoms with Crippen molar-refractivity contribution in [3.8, 4) is 0 Å². The van der Waals surface area contributed by atoms with Crippen LogP contribution in [0.1, 0.15) is 13.8 Å². The molecule has 0 atom stereocenters. The van der Waals surface area contributed by atoms with E-state index in [2.05, 4.69) is 10.3 Å². The molecule has 1 heterocycles. The Balaban J connectivity index is 2.71. The van der Waals surface area contributed by atoms with Gasteiger partial charge in [0.15, 0.2) is 5.13 Å². The number of carbonyl (C=O) groups excluding carboxylic acids is 1. The second kappa shape index (κ2) is 4.48. The van der Waals surface area contributed by atoms with E-state index in [9.17, 15) is 9.59 Å². The number of likely N-dealkylation sites (N-methyl/N-ethyl adjacent to an activating group) is 1. The zero-order valence-electron chi connectivity index (χ0n) is 9.22. The van der Waals surface area contributed by atoms with Crippen molar-refractivity contribution in [2.75, 3.05) is 12.4 Å². The van der Waals surface area contributed by atoms with Crippen molar-refractivity contribution in [3.63, 3.8) is 0 Å². The topological polar surface area (TPSA) is 82.5 Å². The highest BCUT2D eigenvalue weighted by atomic mass is 32.1. The van der Waals surface area contributed by atoms with Crippen LogP contribution in [0.3, 0.4) is 0 Å². The maximum atomic E-state index is 11.7. The Morgan fingerprint density at radius 3 is 2.62 bits per heavy atom. The minimum absolute atomic E-state index is 0.443. The van der Waals surface area contributed by atoms with E-state index in [-0.39, 0.29) is 0 Å². The lowest BCUT2D eigenvalue weighted by atomic mass is 10.1. The highest BCUT2D eigenvalue weighted by molar-refractivity contribution is 7.13. The maximum absolute atomic E-state index is 11.7. The van der Waals surface area contributed by atoms with Gasteiger partial charge in [0.05, 0.1) is 0 Å². The van der Waals surface area contributed by atoms with Crippen LogP contribution < -0.4 is 5.32 Å². The van der Waals surface area contributed by atoms with E-state index in [0.29, 0.717) is 5.13 Å². The number of urea groups is 1. The van der Waals surface area contributed by atoms with Gasteiger partial charge in [0.2, 0.25) is 0 Å². The van der Waals surface area contributed by atoms with Gasteiger partial charge in [-0.05, 0) is 13.8 Å². The molecular weight excluding hydrogens is 230 g/mol. The number of nitrogens with zero attached hydrogens (tertiary/aromatic N) is 2. The molecule has 2 N–H and O–H groups in total. The minimum atomic E-state index is -1.26. The molecule has 2 amide bonds. The average Bonchev–Trinajstić information content (AvgIpc) is 2.68. The minimum Gasteiger partial charge on any atom is -0.480 e. The molecule has 0 aliphatic rings. The number of rotatable bonds is 3. The molecule has 0 radical (unpaired) electrons. The number of anilines is 1. The SMILES string of the molecule is CN(C(=O)Nc1nccs1)C(C)(C)C(=O)O. The van der Waals surface area contributed by atoms with Crippen LogP contribution in [0.4, 0.5) is 9.93 Å². The zero-order chi connectivity index (χ0) is 12.3. The van der Waals surface area contributed by atoms with Gasteiger partial charge in [-0.3, -0.25) is 5.32 Å². The fourth-order valence-corrected chi connectivity index (χ4v) is 1.38. The lowest BCUT2D eigenvalue weighted by Gasteiger charge is -2.31. The van der Waals surface area contributed by atoms with Crippen LogP contribution >= 0.6 is 11.3 Å². The van der Waals surface area contributed by atoms with Crippen LogP contribution in [0.15, 0.2) is 11.6 Å². The van der Waals surface area contributed by atoms with E-state index < -0.39 is 17.5 Å². The molecule has 1 aromatic heterocycles. The number of amides is 2. The average molecular weight is 243 g/mol. The molecule has 6 nitrogen and oxygen atoms in total. The molecule has 1 aromatic rings. The van der Waals surface area contributed by atoms with Crippen LogP contribution in [0.2, 0.25) is 0 Å². The number of aromatic nitrogens is 1. The predicted octanol–water partition coefficient (Wildman–Crippen LogP) is 1.47. The highest BCUT2D eigenvalue weighted by Crippen LogP contribution is 2.16. The summed E-state index contributed by atoms with van der Waals surface area (Å²) in [6, 6.07) is -0.498. The van der Waals surface area contributed by atoms with Crippen molar-refractivity contribution in [2.24, 2.45) is 0 Å².